The summed E-state index contributed by atoms with van der Waals surface area (Å²) in [5.74, 6) is 0.951. The molecule has 168 valence electrons. The van der Waals surface area contributed by atoms with Gasteiger partial charge in [-0.05, 0) is 36.6 Å². The summed E-state index contributed by atoms with van der Waals surface area (Å²) in [6, 6.07) is 13.9. The average molecular weight is 536 g/mol. The first kappa shape index (κ1) is 24.5. The lowest BCUT2D eigenvalue weighted by molar-refractivity contribution is 0.0928. The van der Waals surface area contributed by atoms with Crippen LogP contribution in [0.4, 0.5) is 0 Å². The molecule has 1 aromatic heterocycles. The van der Waals surface area contributed by atoms with Crippen molar-refractivity contribution < 1.29 is 9.59 Å². The number of hydrogen-bond donors (Lipinski definition) is 1. The van der Waals surface area contributed by atoms with E-state index in [-0.39, 0.29) is 23.5 Å². The number of benzene rings is 2. The summed E-state index contributed by atoms with van der Waals surface area (Å²) < 4.78 is 2.76. The Labute approximate surface area is 205 Å². The maximum Gasteiger partial charge on any atom is 0.253 e. The van der Waals surface area contributed by atoms with E-state index >= 15 is 0 Å². The molecule has 0 aliphatic heterocycles. The third kappa shape index (κ3) is 6.21. The quantitative estimate of drug-likeness (QED) is 0.280. The summed E-state index contributed by atoms with van der Waals surface area (Å²) in [5, 5.41) is 12.6. The molecule has 9 heteroatoms. The molecule has 0 radical (unpaired) electrons. The normalized spacial score (nSPS) is 12.1. The van der Waals surface area contributed by atoms with Crippen molar-refractivity contribution in [1.82, 2.24) is 20.1 Å². The number of carbonyl (C=O) groups is 2. The smallest absolute Gasteiger partial charge is 0.253 e. The molecule has 0 saturated heterocycles. The molecule has 6 nitrogen and oxygen atoms in total. The van der Waals surface area contributed by atoms with Crippen LogP contribution in [-0.2, 0) is 7.05 Å². The van der Waals surface area contributed by atoms with E-state index in [2.05, 4.69) is 45.3 Å². The summed E-state index contributed by atoms with van der Waals surface area (Å²) in [5.41, 5.74) is 1.06. The highest BCUT2D eigenvalue weighted by Gasteiger charge is 2.24. The molecule has 2 aromatic carbocycles. The van der Waals surface area contributed by atoms with Gasteiger partial charge in [-0.2, -0.15) is 0 Å². The first-order valence-corrected chi connectivity index (χ1v) is 12.3. The van der Waals surface area contributed by atoms with Gasteiger partial charge in [0.1, 0.15) is 0 Å². The van der Waals surface area contributed by atoms with Crippen molar-refractivity contribution in [2.45, 2.75) is 31.5 Å². The Bertz CT molecular complexity index is 1100. The molecule has 1 amide bonds. The maximum atomic E-state index is 12.8. The molecule has 1 atom stereocenters. The number of nitrogens with one attached hydrogen (secondary N) is 1. The first-order valence-electron chi connectivity index (χ1n) is 10.1. The van der Waals surface area contributed by atoms with Gasteiger partial charge in [-0.25, -0.2) is 0 Å². The molecule has 0 spiro atoms. The van der Waals surface area contributed by atoms with Crippen LogP contribution in [0.3, 0.4) is 0 Å². The fourth-order valence-electron chi connectivity index (χ4n) is 3.19. The molecule has 0 fully saturated rings. The third-order valence-electron chi connectivity index (χ3n) is 4.81. The number of Topliss-reactive ketones (excluding diaryl/α,β-unsaturated/α-hetero) is 1. The number of amides is 1. The summed E-state index contributed by atoms with van der Waals surface area (Å²) in [6.07, 6.45) is 0.685. The Balaban J connectivity index is 1.74. The molecule has 0 bridgehead atoms. The summed E-state index contributed by atoms with van der Waals surface area (Å²) in [4.78, 5) is 25.3. The number of ketones is 1. The molecule has 1 N–H and O–H groups in total. The molecule has 0 unspecified atom stereocenters. The van der Waals surface area contributed by atoms with Gasteiger partial charge < -0.3 is 9.88 Å². The zero-order chi connectivity index (χ0) is 23.3. The van der Waals surface area contributed by atoms with Gasteiger partial charge >= 0.3 is 0 Å². The first-order chi connectivity index (χ1) is 15.3. The highest BCUT2D eigenvalue weighted by Crippen LogP contribution is 2.25. The lowest BCUT2D eigenvalue weighted by atomic mass is 10.0. The molecule has 3 rings (SSSR count). The average Bonchev–Trinajstić information content (AvgIpc) is 3.12. The van der Waals surface area contributed by atoms with Gasteiger partial charge in [-0.15, -0.1) is 10.2 Å². The van der Waals surface area contributed by atoms with Gasteiger partial charge in [0.15, 0.2) is 16.8 Å². The molecule has 0 aliphatic carbocycles. The molecule has 32 heavy (non-hydrogen) atoms. The number of hydrogen-bond acceptors (Lipinski definition) is 5. The number of rotatable bonds is 9. The highest BCUT2D eigenvalue weighted by molar-refractivity contribution is 9.10. The molecule has 3 aromatic rings. The van der Waals surface area contributed by atoms with Crippen LogP contribution < -0.4 is 5.32 Å². The molecular weight excluding hydrogens is 512 g/mol. The van der Waals surface area contributed by atoms with E-state index in [1.165, 1.54) is 11.8 Å². The van der Waals surface area contributed by atoms with Crippen LogP contribution in [0, 0.1) is 5.92 Å². The topological polar surface area (TPSA) is 76.9 Å². The van der Waals surface area contributed by atoms with Crippen molar-refractivity contribution in [2.24, 2.45) is 13.0 Å². The van der Waals surface area contributed by atoms with Crippen LogP contribution in [0.5, 0.6) is 0 Å². The second-order valence-electron chi connectivity index (χ2n) is 7.75. The van der Waals surface area contributed by atoms with Crippen molar-refractivity contribution in [3.63, 3.8) is 0 Å². The Morgan fingerprint density at radius 3 is 2.47 bits per heavy atom. The van der Waals surface area contributed by atoms with Crippen LogP contribution in [0.15, 0.2) is 58.2 Å². The van der Waals surface area contributed by atoms with Gasteiger partial charge in [0.25, 0.3) is 5.91 Å². The highest BCUT2D eigenvalue weighted by atomic mass is 79.9. The lowest BCUT2D eigenvalue weighted by Crippen LogP contribution is -2.31. The largest absolute Gasteiger partial charge is 0.342 e. The lowest BCUT2D eigenvalue weighted by Gasteiger charge is -2.20. The molecule has 0 aliphatic rings. The minimum Gasteiger partial charge on any atom is -0.342 e. The van der Waals surface area contributed by atoms with Gasteiger partial charge in [0.05, 0.1) is 22.4 Å². The summed E-state index contributed by atoms with van der Waals surface area (Å²) in [7, 11) is 1.84. The minimum absolute atomic E-state index is 0.0119. The van der Waals surface area contributed by atoms with E-state index in [1.54, 1.807) is 36.4 Å². The fourth-order valence-corrected chi connectivity index (χ4v) is 4.48. The van der Waals surface area contributed by atoms with Crippen molar-refractivity contribution in [3.05, 3.63) is 75.0 Å². The zero-order valence-corrected chi connectivity index (χ0v) is 21.2. The van der Waals surface area contributed by atoms with Gasteiger partial charge in [0, 0.05) is 17.1 Å². The second kappa shape index (κ2) is 11.1. The third-order valence-corrected chi connectivity index (χ3v) is 6.69. The van der Waals surface area contributed by atoms with Crippen LogP contribution >= 0.6 is 39.3 Å². The van der Waals surface area contributed by atoms with Crippen molar-refractivity contribution in [1.29, 1.82) is 0 Å². The SMILES string of the molecule is CC(C)C[C@@H](NC(=O)c1ccccc1Cl)c1nnc(SCC(=O)c2ccc(Br)cc2)n1C. The standard InChI is InChI=1S/C23H24BrClN4O2S/c1-14(2)12-19(26-22(31)17-6-4-5-7-18(17)25)21-27-28-23(29(21)3)32-13-20(30)15-8-10-16(24)11-9-15/h4-11,14,19H,12-13H2,1-3H3,(H,26,31)/t19-/m1/s1. The number of aromatic nitrogens is 3. The number of nitrogens with zero attached hydrogens (tertiary/aromatic N) is 3. The fraction of sp³-hybridized carbons (Fsp3) is 0.304. The van der Waals surface area contributed by atoms with Crippen molar-refractivity contribution in [2.75, 3.05) is 5.75 Å². The van der Waals surface area contributed by atoms with Crippen molar-refractivity contribution >= 4 is 51.0 Å². The predicted octanol–water partition coefficient (Wildman–Crippen LogP) is 5.72. The van der Waals surface area contributed by atoms with Gasteiger partial charge in [0.2, 0.25) is 0 Å². The van der Waals surface area contributed by atoms with Gasteiger partial charge in [-0.3, -0.25) is 9.59 Å². The Morgan fingerprint density at radius 2 is 1.81 bits per heavy atom. The van der Waals surface area contributed by atoms with Crippen LogP contribution in [0.25, 0.3) is 0 Å². The van der Waals surface area contributed by atoms with E-state index in [9.17, 15) is 9.59 Å². The molecular formula is C23H24BrClN4O2S. The minimum atomic E-state index is -0.340. The van der Waals surface area contributed by atoms with E-state index in [4.69, 9.17) is 11.6 Å². The number of thioether (sulfide) groups is 1. The number of carbonyl (C=O) groups excluding carboxylic acids is 2. The maximum absolute atomic E-state index is 12.8. The molecule has 0 saturated carbocycles. The van der Waals surface area contributed by atoms with Crippen LogP contribution in [-0.4, -0.2) is 32.2 Å². The van der Waals surface area contributed by atoms with Crippen LogP contribution in [0.1, 0.15) is 52.9 Å². The zero-order valence-electron chi connectivity index (χ0n) is 18.0. The monoisotopic (exact) mass is 534 g/mol. The van der Waals surface area contributed by atoms with Crippen LogP contribution in [0.2, 0.25) is 5.02 Å². The second-order valence-corrected chi connectivity index (χ2v) is 10.0. The van der Waals surface area contributed by atoms with Crippen molar-refractivity contribution in [3.8, 4) is 0 Å². The predicted molar refractivity (Wildman–Crippen MR) is 131 cm³/mol. The number of halogens is 2. The Hall–Kier alpha value is -2.16. The van der Waals surface area contributed by atoms with E-state index in [0.717, 1.165) is 4.47 Å². The Kier molecular flexibility index (Phi) is 8.51. The Morgan fingerprint density at radius 1 is 1.12 bits per heavy atom. The van der Waals surface area contributed by atoms with E-state index in [1.807, 2.05) is 23.7 Å². The summed E-state index contributed by atoms with van der Waals surface area (Å²) >= 11 is 10.9. The summed E-state index contributed by atoms with van der Waals surface area (Å²) in [6.45, 7) is 4.16. The van der Waals surface area contributed by atoms with Gasteiger partial charge in [-0.1, -0.05) is 77.4 Å². The van der Waals surface area contributed by atoms with E-state index < -0.39 is 0 Å². The van der Waals surface area contributed by atoms with E-state index in [0.29, 0.717) is 39.5 Å². The molecule has 1 heterocycles.